The summed E-state index contributed by atoms with van der Waals surface area (Å²) < 4.78 is 48.8. The van der Waals surface area contributed by atoms with Gasteiger partial charge in [-0.2, -0.15) is 13.2 Å². The molecule has 140 valence electrons. The molecule has 3 rings (SSSR count). The number of H-pyrrole nitrogens is 1. The predicted molar refractivity (Wildman–Crippen MR) is 87.2 cm³/mol. The first-order valence-corrected chi connectivity index (χ1v) is 7.93. The van der Waals surface area contributed by atoms with E-state index in [4.69, 9.17) is 9.47 Å². The van der Waals surface area contributed by atoms with E-state index in [1.165, 1.54) is 0 Å². The summed E-state index contributed by atoms with van der Waals surface area (Å²) in [4.78, 5) is 19.5. The molecule has 0 fully saturated rings. The highest BCUT2D eigenvalue weighted by atomic mass is 19.4. The van der Waals surface area contributed by atoms with Crippen LogP contribution in [0.25, 0.3) is 0 Å². The van der Waals surface area contributed by atoms with E-state index in [9.17, 15) is 18.0 Å². The van der Waals surface area contributed by atoms with Crippen LogP contribution in [-0.2, 0) is 25.7 Å². The minimum atomic E-state index is -4.66. The maximum Gasteiger partial charge on any atom is 0.449 e. The standard InChI is InChI=1S/C17H18F3N3O3/c1-25-11-5-10(6-12(7-11)26-2)8-23-4-3-14-13(9-23)15(24)22-16(21-14)17(18,19)20/h5-7H,3-4,8-9H2,1-2H3,(H,21,22,24). The number of hydrogen-bond acceptors (Lipinski definition) is 5. The molecular formula is C17H18F3N3O3. The van der Waals surface area contributed by atoms with E-state index in [2.05, 4.69) is 4.98 Å². The Bertz CT molecular complexity index is 842. The smallest absolute Gasteiger partial charge is 0.449 e. The fourth-order valence-corrected chi connectivity index (χ4v) is 2.97. The monoisotopic (exact) mass is 369 g/mol. The van der Waals surface area contributed by atoms with Crippen LogP contribution in [0.2, 0.25) is 0 Å². The second-order valence-corrected chi connectivity index (χ2v) is 6.02. The number of methoxy groups -OCH3 is 2. The minimum Gasteiger partial charge on any atom is -0.497 e. The van der Waals surface area contributed by atoms with Crippen molar-refractivity contribution in [1.29, 1.82) is 0 Å². The normalized spacial score (nSPS) is 14.8. The van der Waals surface area contributed by atoms with Crippen LogP contribution in [0.4, 0.5) is 13.2 Å². The minimum absolute atomic E-state index is 0.209. The molecule has 0 saturated carbocycles. The maximum atomic E-state index is 12.8. The van der Waals surface area contributed by atoms with Gasteiger partial charge in [-0.05, 0) is 17.7 Å². The molecule has 0 radical (unpaired) electrons. The third-order valence-corrected chi connectivity index (χ3v) is 4.23. The average molecular weight is 369 g/mol. The van der Waals surface area contributed by atoms with Gasteiger partial charge in [-0.25, -0.2) is 4.98 Å². The second kappa shape index (κ2) is 6.99. The fraction of sp³-hybridized carbons (Fsp3) is 0.412. The molecule has 0 bridgehead atoms. The Kier molecular flexibility index (Phi) is 4.90. The zero-order valence-corrected chi connectivity index (χ0v) is 14.3. The van der Waals surface area contributed by atoms with E-state index in [-0.39, 0.29) is 24.2 Å². The number of aromatic nitrogens is 2. The van der Waals surface area contributed by atoms with Crippen LogP contribution in [-0.4, -0.2) is 35.6 Å². The molecule has 0 saturated heterocycles. The third-order valence-electron chi connectivity index (χ3n) is 4.23. The van der Waals surface area contributed by atoms with E-state index in [0.29, 0.717) is 24.6 Å². The van der Waals surface area contributed by atoms with Crippen molar-refractivity contribution in [1.82, 2.24) is 14.9 Å². The van der Waals surface area contributed by atoms with Crippen LogP contribution in [0.5, 0.6) is 11.5 Å². The maximum absolute atomic E-state index is 12.8. The van der Waals surface area contributed by atoms with Crippen LogP contribution in [0.3, 0.4) is 0 Å². The van der Waals surface area contributed by atoms with Crippen LogP contribution in [0.1, 0.15) is 22.6 Å². The highest BCUT2D eigenvalue weighted by Gasteiger charge is 2.35. The third kappa shape index (κ3) is 3.82. The summed E-state index contributed by atoms with van der Waals surface area (Å²) in [5, 5.41) is 0. The van der Waals surface area contributed by atoms with Gasteiger partial charge < -0.3 is 14.5 Å². The van der Waals surface area contributed by atoms with Gasteiger partial charge in [0.2, 0.25) is 5.82 Å². The number of hydrogen-bond donors (Lipinski definition) is 1. The summed E-state index contributed by atoms with van der Waals surface area (Å²) in [6.07, 6.45) is -4.38. The molecule has 0 aliphatic carbocycles. The lowest BCUT2D eigenvalue weighted by Gasteiger charge is -2.28. The number of fused-ring (bicyclic) bond motifs is 1. The molecule has 1 N–H and O–H groups in total. The first-order valence-electron chi connectivity index (χ1n) is 7.93. The summed E-state index contributed by atoms with van der Waals surface area (Å²) in [5.41, 5.74) is 0.663. The highest BCUT2D eigenvalue weighted by molar-refractivity contribution is 5.38. The van der Waals surface area contributed by atoms with Gasteiger partial charge in [0.1, 0.15) is 11.5 Å². The summed E-state index contributed by atoms with van der Waals surface area (Å²) in [5.74, 6) is 0.0458. The Hall–Kier alpha value is -2.55. The molecule has 1 aromatic heterocycles. The molecule has 1 aromatic carbocycles. The Morgan fingerprint density at radius 3 is 2.42 bits per heavy atom. The van der Waals surface area contributed by atoms with Gasteiger partial charge in [0, 0.05) is 32.1 Å². The van der Waals surface area contributed by atoms with Crippen molar-refractivity contribution in [2.24, 2.45) is 0 Å². The van der Waals surface area contributed by atoms with E-state index in [1.54, 1.807) is 20.3 Å². The highest BCUT2D eigenvalue weighted by Crippen LogP contribution is 2.27. The molecular weight excluding hydrogens is 351 g/mol. The number of ether oxygens (including phenoxy) is 2. The second-order valence-electron chi connectivity index (χ2n) is 6.02. The number of rotatable bonds is 4. The quantitative estimate of drug-likeness (QED) is 0.896. The molecule has 0 amide bonds. The van der Waals surface area contributed by atoms with E-state index < -0.39 is 17.6 Å². The van der Waals surface area contributed by atoms with E-state index in [0.717, 1.165) is 5.56 Å². The SMILES string of the molecule is COc1cc(CN2CCc3nc(C(F)(F)F)[nH]c(=O)c3C2)cc(OC)c1. The van der Waals surface area contributed by atoms with Crippen molar-refractivity contribution in [3.05, 3.63) is 51.2 Å². The lowest BCUT2D eigenvalue weighted by Crippen LogP contribution is -2.36. The van der Waals surface area contributed by atoms with E-state index in [1.807, 2.05) is 22.0 Å². The molecule has 1 aliphatic rings. The lowest BCUT2D eigenvalue weighted by molar-refractivity contribution is -0.145. The van der Waals surface area contributed by atoms with Crippen molar-refractivity contribution in [3.8, 4) is 11.5 Å². The van der Waals surface area contributed by atoms with Crippen LogP contribution in [0, 0.1) is 0 Å². The molecule has 2 aromatic rings. The Morgan fingerprint density at radius 2 is 1.85 bits per heavy atom. The first kappa shape index (κ1) is 18.2. The van der Waals surface area contributed by atoms with Crippen molar-refractivity contribution in [2.45, 2.75) is 25.7 Å². The molecule has 0 atom stereocenters. The Morgan fingerprint density at radius 1 is 1.19 bits per heavy atom. The Balaban J connectivity index is 1.82. The van der Waals surface area contributed by atoms with Gasteiger partial charge in [0.25, 0.3) is 5.56 Å². The zero-order valence-electron chi connectivity index (χ0n) is 14.3. The number of nitrogens with one attached hydrogen (secondary N) is 1. The predicted octanol–water partition coefficient (Wildman–Crippen LogP) is 2.36. The molecule has 26 heavy (non-hydrogen) atoms. The molecule has 0 unspecified atom stereocenters. The van der Waals surface area contributed by atoms with Gasteiger partial charge in [-0.1, -0.05) is 0 Å². The number of nitrogens with zero attached hydrogens (tertiary/aromatic N) is 2. The number of halogens is 3. The van der Waals surface area contributed by atoms with Gasteiger partial charge in [0.15, 0.2) is 0 Å². The lowest BCUT2D eigenvalue weighted by atomic mass is 10.1. The van der Waals surface area contributed by atoms with Gasteiger partial charge >= 0.3 is 6.18 Å². The van der Waals surface area contributed by atoms with Crippen molar-refractivity contribution >= 4 is 0 Å². The molecule has 2 heterocycles. The van der Waals surface area contributed by atoms with Crippen molar-refractivity contribution in [3.63, 3.8) is 0 Å². The molecule has 6 nitrogen and oxygen atoms in total. The molecule has 1 aliphatic heterocycles. The number of benzene rings is 1. The van der Waals surface area contributed by atoms with Crippen LogP contribution in [0.15, 0.2) is 23.0 Å². The molecule has 0 spiro atoms. The number of alkyl halides is 3. The topological polar surface area (TPSA) is 67.5 Å². The summed E-state index contributed by atoms with van der Waals surface area (Å²) in [6, 6.07) is 5.46. The summed E-state index contributed by atoms with van der Waals surface area (Å²) in [6.45, 7) is 1.24. The largest absolute Gasteiger partial charge is 0.497 e. The average Bonchev–Trinajstić information content (AvgIpc) is 2.60. The fourth-order valence-electron chi connectivity index (χ4n) is 2.97. The van der Waals surface area contributed by atoms with Crippen molar-refractivity contribution in [2.75, 3.05) is 20.8 Å². The summed E-state index contributed by atoms with van der Waals surface area (Å²) >= 11 is 0. The van der Waals surface area contributed by atoms with Gasteiger partial charge in [-0.3, -0.25) is 9.69 Å². The van der Waals surface area contributed by atoms with Crippen LogP contribution < -0.4 is 15.0 Å². The van der Waals surface area contributed by atoms with Crippen molar-refractivity contribution < 1.29 is 22.6 Å². The number of aromatic amines is 1. The summed E-state index contributed by atoms with van der Waals surface area (Å²) in [7, 11) is 3.11. The zero-order chi connectivity index (χ0) is 18.9. The van der Waals surface area contributed by atoms with Crippen LogP contribution >= 0.6 is 0 Å². The molecule has 9 heteroatoms. The van der Waals surface area contributed by atoms with Gasteiger partial charge in [0.05, 0.1) is 25.5 Å². The van der Waals surface area contributed by atoms with E-state index >= 15 is 0 Å². The van der Waals surface area contributed by atoms with Gasteiger partial charge in [-0.15, -0.1) is 0 Å². The Labute approximate surface area is 147 Å². The first-order chi connectivity index (χ1) is 12.3.